The molecule has 0 spiro atoms. The Kier molecular flexibility index (Phi) is 1.77. The van der Waals surface area contributed by atoms with Gasteiger partial charge in [0.05, 0.1) is 12.7 Å². The molecule has 5 heteroatoms. The van der Waals surface area contributed by atoms with Crippen molar-refractivity contribution >= 4 is 11.9 Å². The van der Waals surface area contributed by atoms with E-state index in [-0.39, 0.29) is 6.61 Å². The number of fused-ring (bicyclic) bond motifs is 1. The summed E-state index contributed by atoms with van der Waals surface area (Å²) in [4.78, 5) is 14.8. The van der Waals surface area contributed by atoms with Gasteiger partial charge in [0, 0.05) is 6.20 Å². The molecule has 2 rings (SSSR count). The van der Waals surface area contributed by atoms with E-state index in [4.69, 9.17) is 9.47 Å². The lowest BCUT2D eigenvalue weighted by Gasteiger charge is -2.17. The molecule has 0 fully saturated rings. The second-order valence-corrected chi connectivity index (χ2v) is 2.54. The Morgan fingerprint density at radius 3 is 3.31 bits per heavy atom. The molecule has 0 atom stereocenters. The standard InChI is InChI=1S/C8H8N2O3/c1-12-6-2-3-9-7-5(6)4-13-8(11)10-7/h2-3H,4H2,1H3,(H,9,10,11). The van der Waals surface area contributed by atoms with E-state index in [9.17, 15) is 4.79 Å². The van der Waals surface area contributed by atoms with Crippen LogP contribution >= 0.6 is 0 Å². The maximum atomic E-state index is 10.8. The predicted molar refractivity (Wildman–Crippen MR) is 44.6 cm³/mol. The van der Waals surface area contributed by atoms with Crippen LogP contribution < -0.4 is 10.1 Å². The summed E-state index contributed by atoms with van der Waals surface area (Å²) in [6, 6.07) is 1.72. The van der Waals surface area contributed by atoms with E-state index in [2.05, 4.69) is 10.3 Å². The lowest BCUT2D eigenvalue weighted by Crippen LogP contribution is -2.21. The number of aromatic nitrogens is 1. The third-order valence-electron chi connectivity index (χ3n) is 1.80. The molecule has 0 saturated heterocycles. The highest BCUT2D eigenvalue weighted by molar-refractivity contribution is 5.86. The lowest BCUT2D eigenvalue weighted by molar-refractivity contribution is 0.149. The Morgan fingerprint density at radius 1 is 1.69 bits per heavy atom. The molecule has 0 bridgehead atoms. The predicted octanol–water partition coefficient (Wildman–Crippen LogP) is 1.15. The summed E-state index contributed by atoms with van der Waals surface area (Å²) in [5.74, 6) is 1.18. The summed E-state index contributed by atoms with van der Waals surface area (Å²) in [6.07, 6.45) is 1.09. The van der Waals surface area contributed by atoms with E-state index < -0.39 is 6.09 Å². The van der Waals surface area contributed by atoms with Crippen molar-refractivity contribution < 1.29 is 14.3 Å². The number of anilines is 1. The van der Waals surface area contributed by atoms with Gasteiger partial charge in [0.25, 0.3) is 0 Å². The van der Waals surface area contributed by atoms with Gasteiger partial charge < -0.3 is 9.47 Å². The number of hydrogen-bond acceptors (Lipinski definition) is 4. The smallest absolute Gasteiger partial charge is 0.413 e. The van der Waals surface area contributed by atoms with Gasteiger partial charge in [-0.15, -0.1) is 0 Å². The number of hydrogen-bond donors (Lipinski definition) is 1. The first-order chi connectivity index (χ1) is 6.31. The number of carbonyl (C=O) groups is 1. The second-order valence-electron chi connectivity index (χ2n) is 2.54. The summed E-state index contributed by atoms with van der Waals surface area (Å²) in [6.45, 7) is 0.207. The molecule has 0 unspecified atom stereocenters. The number of ether oxygens (including phenoxy) is 2. The Hall–Kier alpha value is -1.78. The number of amides is 1. The fourth-order valence-corrected chi connectivity index (χ4v) is 1.18. The van der Waals surface area contributed by atoms with Crippen molar-refractivity contribution in [3.05, 3.63) is 17.8 Å². The fourth-order valence-electron chi connectivity index (χ4n) is 1.18. The van der Waals surface area contributed by atoms with Gasteiger partial charge in [0.15, 0.2) is 0 Å². The number of carbonyl (C=O) groups excluding carboxylic acids is 1. The van der Waals surface area contributed by atoms with Crippen LogP contribution in [0.25, 0.3) is 0 Å². The topological polar surface area (TPSA) is 60.5 Å². The molecule has 1 N–H and O–H groups in total. The first kappa shape index (κ1) is 7.85. The molecule has 2 heterocycles. The SMILES string of the molecule is COc1ccnc2c1COC(=O)N2. The van der Waals surface area contributed by atoms with Crippen LogP contribution in [0, 0.1) is 0 Å². The van der Waals surface area contributed by atoms with E-state index in [0.29, 0.717) is 11.6 Å². The van der Waals surface area contributed by atoms with Crippen LogP contribution in [-0.4, -0.2) is 18.2 Å². The third-order valence-corrected chi connectivity index (χ3v) is 1.80. The molecule has 68 valence electrons. The summed E-state index contributed by atoms with van der Waals surface area (Å²) in [7, 11) is 1.56. The van der Waals surface area contributed by atoms with Crippen molar-refractivity contribution in [1.29, 1.82) is 0 Å². The highest BCUT2D eigenvalue weighted by atomic mass is 16.6. The molecular formula is C8H8N2O3. The van der Waals surface area contributed by atoms with E-state index in [0.717, 1.165) is 5.56 Å². The Labute approximate surface area is 74.7 Å². The van der Waals surface area contributed by atoms with Gasteiger partial charge in [-0.05, 0) is 6.07 Å². The highest BCUT2D eigenvalue weighted by Gasteiger charge is 2.19. The number of methoxy groups -OCH3 is 1. The Morgan fingerprint density at radius 2 is 2.54 bits per heavy atom. The van der Waals surface area contributed by atoms with Crippen molar-refractivity contribution in [2.45, 2.75) is 6.61 Å². The molecule has 1 aliphatic heterocycles. The summed E-state index contributed by atoms with van der Waals surface area (Å²) < 4.78 is 9.85. The average Bonchev–Trinajstić information content (AvgIpc) is 2.16. The molecule has 1 aliphatic rings. The van der Waals surface area contributed by atoms with Crippen molar-refractivity contribution in [1.82, 2.24) is 4.98 Å². The molecular weight excluding hydrogens is 172 g/mol. The maximum Gasteiger partial charge on any atom is 0.413 e. The van der Waals surface area contributed by atoms with Crippen molar-refractivity contribution in [2.75, 3.05) is 12.4 Å². The first-order valence-electron chi connectivity index (χ1n) is 3.77. The zero-order valence-electron chi connectivity index (χ0n) is 7.03. The van der Waals surface area contributed by atoms with Gasteiger partial charge in [-0.3, -0.25) is 5.32 Å². The zero-order chi connectivity index (χ0) is 9.26. The number of pyridine rings is 1. The quantitative estimate of drug-likeness (QED) is 0.704. The van der Waals surface area contributed by atoms with Gasteiger partial charge in [-0.1, -0.05) is 0 Å². The summed E-state index contributed by atoms with van der Waals surface area (Å²) in [5.41, 5.74) is 0.768. The van der Waals surface area contributed by atoms with Crippen LogP contribution in [-0.2, 0) is 11.3 Å². The molecule has 0 saturated carbocycles. The highest BCUT2D eigenvalue weighted by Crippen LogP contribution is 2.27. The van der Waals surface area contributed by atoms with E-state index in [1.54, 1.807) is 19.4 Å². The van der Waals surface area contributed by atoms with Crippen LogP contribution in [0.2, 0.25) is 0 Å². The van der Waals surface area contributed by atoms with Crippen LogP contribution in [0.5, 0.6) is 5.75 Å². The van der Waals surface area contributed by atoms with Crippen molar-refractivity contribution in [2.24, 2.45) is 0 Å². The summed E-state index contributed by atoms with van der Waals surface area (Å²) >= 11 is 0. The fraction of sp³-hybridized carbons (Fsp3) is 0.250. The zero-order valence-corrected chi connectivity index (χ0v) is 7.03. The van der Waals surface area contributed by atoms with Gasteiger partial charge in [0.1, 0.15) is 18.2 Å². The molecule has 0 radical (unpaired) electrons. The van der Waals surface area contributed by atoms with Gasteiger partial charge >= 0.3 is 6.09 Å². The Balaban J connectivity index is 2.45. The number of rotatable bonds is 1. The van der Waals surface area contributed by atoms with Crippen LogP contribution in [0.1, 0.15) is 5.56 Å². The van der Waals surface area contributed by atoms with E-state index in [1.165, 1.54) is 0 Å². The molecule has 1 amide bonds. The van der Waals surface area contributed by atoms with E-state index in [1.807, 2.05) is 0 Å². The van der Waals surface area contributed by atoms with Gasteiger partial charge in [-0.25, -0.2) is 9.78 Å². The first-order valence-corrected chi connectivity index (χ1v) is 3.77. The molecule has 1 aromatic heterocycles. The molecule has 1 aromatic rings. The van der Waals surface area contributed by atoms with Crippen molar-refractivity contribution in [3.63, 3.8) is 0 Å². The second kappa shape index (κ2) is 2.93. The number of cyclic esters (lactones) is 1. The Bertz CT molecular complexity index is 351. The minimum absolute atomic E-state index is 0.207. The largest absolute Gasteiger partial charge is 0.496 e. The number of nitrogens with zero attached hydrogens (tertiary/aromatic N) is 1. The normalized spacial score (nSPS) is 14.1. The van der Waals surface area contributed by atoms with Gasteiger partial charge in [0.2, 0.25) is 0 Å². The summed E-state index contributed by atoms with van der Waals surface area (Å²) in [5, 5.41) is 2.48. The minimum Gasteiger partial charge on any atom is -0.496 e. The monoisotopic (exact) mass is 180 g/mol. The third kappa shape index (κ3) is 1.28. The van der Waals surface area contributed by atoms with Crippen molar-refractivity contribution in [3.8, 4) is 5.75 Å². The number of nitrogens with one attached hydrogen (secondary N) is 1. The average molecular weight is 180 g/mol. The lowest BCUT2D eigenvalue weighted by atomic mass is 10.2. The molecule has 5 nitrogen and oxygen atoms in total. The minimum atomic E-state index is -0.478. The molecule has 0 aliphatic carbocycles. The van der Waals surface area contributed by atoms with Crippen LogP contribution in [0.15, 0.2) is 12.3 Å². The molecule has 0 aromatic carbocycles. The van der Waals surface area contributed by atoms with Crippen LogP contribution in [0.3, 0.4) is 0 Å². The van der Waals surface area contributed by atoms with Gasteiger partial charge in [-0.2, -0.15) is 0 Å². The maximum absolute atomic E-state index is 10.8. The molecule has 13 heavy (non-hydrogen) atoms. The van der Waals surface area contributed by atoms with E-state index >= 15 is 0 Å². The van der Waals surface area contributed by atoms with Crippen LogP contribution in [0.4, 0.5) is 10.6 Å².